The van der Waals surface area contributed by atoms with Crippen molar-refractivity contribution in [2.24, 2.45) is 0 Å². The molecule has 0 heterocycles. The second-order valence-corrected chi connectivity index (χ2v) is 3.97. The molecule has 0 aromatic heterocycles. The smallest absolute Gasteiger partial charge is 0.191 e. The Morgan fingerprint density at radius 3 is 2.12 bits per heavy atom. The van der Waals surface area contributed by atoms with E-state index in [0.29, 0.717) is 12.1 Å². The van der Waals surface area contributed by atoms with E-state index in [4.69, 9.17) is 14.2 Å². The highest BCUT2D eigenvalue weighted by molar-refractivity contribution is 9.09. The van der Waals surface area contributed by atoms with Crippen LogP contribution in [0, 0.1) is 0 Å². The minimum Gasteiger partial charge on any atom is -0.366 e. The van der Waals surface area contributed by atoms with Crippen molar-refractivity contribution in [1.29, 1.82) is 0 Å². The van der Waals surface area contributed by atoms with Crippen molar-refractivity contribution in [2.45, 2.75) is 19.3 Å². The Labute approximate surface area is 105 Å². The first-order valence-corrected chi connectivity index (χ1v) is 6.12. The van der Waals surface area contributed by atoms with E-state index in [0.717, 1.165) is 11.1 Å². The van der Waals surface area contributed by atoms with Crippen LogP contribution < -0.4 is 0 Å². The molecule has 0 fully saturated rings. The van der Waals surface area contributed by atoms with Crippen LogP contribution in [0.5, 0.6) is 0 Å². The molecule has 0 aliphatic carbocycles. The molecule has 0 saturated carbocycles. The van der Waals surface area contributed by atoms with Crippen LogP contribution in [0.15, 0.2) is 24.3 Å². The Morgan fingerprint density at radius 1 is 1.12 bits per heavy atom. The third-order valence-corrected chi connectivity index (χ3v) is 2.93. The van der Waals surface area contributed by atoms with E-state index < -0.39 is 5.79 Å². The molecule has 1 aromatic rings. The maximum Gasteiger partial charge on any atom is 0.191 e. The van der Waals surface area contributed by atoms with Crippen LogP contribution >= 0.6 is 15.9 Å². The number of halogens is 1. The molecule has 0 amide bonds. The van der Waals surface area contributed by atoms with Gasteiger partial charge in [-0.1, -0.05) is 40.2 Å². The maximum absolute atomic E-state index is 5.33. The van der Waals surface area contributed by atoms with Gasteiger partial charge in [0.1, 0.15) is 5.52 Å². The molecular formula is C12H17BrO3. The minimum absolute atomic E-state index is 0.544. The largest absolute Gasteiger partial charge is 0.366 e. The molecular weight excluding hydrogens is 272 g/mol. The van der Waals surface area contributed by atoms with E-state index >= 15 is 0 Å². The lowest BCUT2D eigenvalue weighted by Crippen LogP contribution is -2.26. The van der Waals surface area contributed by atoms with E-state index in [1.807, 2.05) is 31.2 Å². The quantitative estimate of drug-likeness (QED) is 0.595. The monoisotopic (exact) mass is 288 g/mol. The lowest BCUT2D eigenvalue weighted by atomic mass is 10.1. The summed E-state index contributed by atoms with van der Waals surface area (Å²) in [6.07, 6.45) is 0. The van der Waals surface area contributed by atoms with Crippen LogP contribution in [-0.4, -0.2) is 19.7 Å². The Hall–Kier alpha value is -0.420. The van der Waals surface area contributed by atoms with Crippen molar-refractivity contribution in [3.8, 4) is 0 Å². The SMILES string of the molecule is COC(C)(OC)c1ccc(COCBr)cc1. The molecule has 0 radical (unpaired) electrons. The Balaban J connectivity index is 2.77. The van der Waals surface area contributed by atoms with Crippen molar-refractivity contribution in [2.75, 3.05) is 19.7 Å². The van der Waals surface area contributed by atoms with Crippen LogP contribution in [0.2, 0.25) is 0 Å². The van der Waals surface area contributed by atoms with Crippen molar-refractivity contribution in [1.82, 2.24) is 0 Å². The van der Waals surface area contributed by atoms with Crippen LogP contribution in [0.3, 0.4) is 0 Å². The number of hydrogen-bond donors (Lipinski definition) is 0. The van der Waals surface area contributed by atoms with Gasteiger partial charge in [-0.3, -0.25) is 0 Å². The first-order chi connectivity index (χ1) is 7.66. The van der Waals surface area contributed by atoms with Gasteiger partial charge in [0.15, 0.2) is 5.79 Å². The van der Waals surface area contributed by atoms with Gasteiger partial charge in [-0.05, 0) is 12.5 Å². The zero-order valence-corrected chi connectivity index (χ0v) is 11.4. The molecule has 0 bridgehead atoms. The van der Waals surface area contributed by atoms with E-state index in [-0.39, 0.29) is 0 Å². The molecule has 0 aliphatic heterocycles. The average molecular weight is 289 g/mol. The van der Waals surface area contributed by atoms with Crippen molar-refractivity contribution < 1.29 is 14.2 Å². The molecule has 4 heteroatoms. The topological polar surface area (TPSA) is 27.7 Å². The lowest BCUT2D eigenvalue weighted by Gasteiger charge is -2.26. The summed E-state index contributed by atoms with van der Waals surface area (Å²) >= 11 is 3.21. The molecule has 3 nitrogen and oxygen atoms in total. The van der Waals surface area contributed by atoms with Gasteiger partial charge >= 0.3 is 0 Å². The molecule has 0 atom stereocenters. The summed E-state index contributed by atoms with van der Waals surface area (Å²) in [4.78, 5) is 0. The molecule has 90 valence electrons. The fraction of sp³-hybridized carbons (Fsp3) is 0.500. The van der Waals surface area contributed by atoms with Crippen molar-refractivity contribution in [3.63, 3.8) is 0 Å². The van der Waals surface area contributed by atoms with Gasteiger partial charge in [-0.15, -0.1) is 0 Å². The number of methoxy groups -OCH3 is 2. The zero-order chi connectivity index (χ0) is 12.0. The van der Waals surface area contributed by atoms with Crippen LogP contribution in [0.25, 0.3) is 0 Å². The van der Waals surface area contributed by atoms with Gasteiger partial charge < -0.3 is 14.2 Å². The predicted molar refractivity (Wildman–Crippen MR) is 66.4 cm³/mol. The lowest BCUT2D eigenvalue weighted by molar-refractivity contribution is -0.201. The van der Waals surface area contributed by atoms with Gasteiger partial charge in [-0.25, -0.2) is 0 Å². The summed E-state index contributed by atoms with van der Waals surface area (Å²) < 4.78 is 15.9. The first-order valence-electron chi connectivity index (χ1n) is 4.99. The van der Waals surface area contributed by atoms with E-state index in [1.165, 1.54) is 0 Å². The molecule has 0 N–H and O–H groups in total. The average Bonchev–Trinajstić information content (AvgIpc) is 2.36. The Morgan fingerprint density at radius 2 is 1.69 bits per heavy atom. The van der Waals surface area contributed by atoms with Gasteiger partial charge in [0.25, 0.3) is 0 Å². The van der Waals surface area contributed by atoms with E-state index in [9.17, 15) is 0 Å². The summed E-state index contributed by atoms with van der Waals surface area (Å²) in [6, 6.07) is 7.99. The fourth-order valence-corrected chi connectivity index (χ4v) is 1.54. The highest BCUT2D eigenvalue weighted by Crippen LogP contribution is 2.25. The molecule has 0 unspecified atom stereocenters. The van der Waals surface area contributed by atoms with Crippen molar-refractivity contribution >= 4 is 15.9 Å². The van der Waals surface area contributed by atoms with Crippen LogP contribution in [-0.2, 0) is 26.6 Å². The minimum atomic E-state index is -0.686. The Kier molecular flexibility index (Phi) is 5.41. The van der Waals surface area contributed by atoms with Crippen LogP contribution in [0.1, 0.15) is 18.1 Å². The second-order valence-electron chi connectivity index (χ2n) is 3.51. The van der Waals surface area contributed by atoms with E-state index in [1.54, 1.807) is 14.2 Å². The normalized spacial score (nSPS) is 11.8. The standard InChI is InChI=1S/C12H17BrO3/c1-12(14-2,15-3)11-6-4-10(5-7-11)8-16-9-13/h4-7H,8-9H2,1-3H3. The summed E-state index contributed by atoms with van der Waals surface area (Å²) in [5.74, 6) is -0.686. The first kappa shape index (κ1) is 13.6. The van der Waals surface area contributed by atoms with Crippen molar-refractivity contribution in [3.05, 3.63) is 35.4 Å². The molecule has 0 saturated heterocycles. The van der Waals surface area contributed by atoms with Gasteiger partial charge in [0, 0.05) is 19.8 Å². The maximum atomic E-state index is 5.33. The van der Waals surface area contributed by atoms with E-state index in [2.05, 4.69) is 15.9 Å². The summed E-state index contributed by atoms with van der Waals surface area (Å²) in [5, 5.41) is 0. The zero-order valence-electron chi connectivity index (χ0n) is 9.83. The van der Waals surface area contributed by atoms with Crippen LogP contribution in [0.4, 0.5) is 0 Å². The third kappa shape index (κ3) is 3.28. The number of hydrogen-bond acceptors (Lipinski definition) is 3. The number of benzene rings is 1. The highest BCUT2D eigenvalue weighted by Gasteiger charge is 2.24. The number of ether oxygens (including phenoxy) is 3. The van der Waals surface area contributed by atoms with Gasteiger partial charge in [0.2, 0.25) is 0 Å². The number of alkyl halides is 1. The predicted octanol–water partition coefficient (Wildman–Crippen LogP) is 3.02. The second kappa shape index (κ2) is 6.35. The fourth-order valence-electron chi connectivity index (χ4n) is 1.38. The molecule has 0 aliphatic rings. The molecule has 0 spiro atoms. The summed E-state index contributed by atoms with van der Waals surface area (Å²) in [7, 11) is 3.26. The Bertz CT molecular complexity index is 307. The molecule has 1 rings (SSSR count). The molecule has 1 aromatic carbocycles. The highest BCUT2D eigenvalue weighted by atomic mass is 79.9. The number of rotatable bonds is 6. The third-order valence-electron chi connectivity index (χ3n) is 2.60. The molecule has 16 heavy (non-hydrogen) atoms. The summed E-state index contributed by atoms with van der Waals surface area (Å²) in [6.45, 7) is 2.49. The summed E-state index contributed by atoms with van der Waals surface area (Å²) in [5.41, 5.74) is 2.65. The van der Waals surface area contributed by atoms with Gasteiger partial charge in [0.05, 0.1) is 6.61 Å². The van der Waals surface area contributed by atoms with Gasteiger partial charge in [-0.2, -0.15) is 0 Å².